The molecule has 2 aromatic rings. The molecule has 0 radical (unpaired) electrons. The molecule has 2 heteroatoms. The fraction of sp³-hybridized carbons (Fsp3) is 0.409. The summed E-state index contributed by atoms with van der Waals surface area (Å²) in [6, 6.07) is 16.0. The Morgan fingerprint density at radius 3 is 2.17 bits per heavy atom. The second kappa shape index (κ2) is 6.43. The molecule has 2 nitrogen and oxygen atoms in total. The van der Waals surface area contributed by atoms with E-state index in [1.807, 2.05) is 31.2 Å². The summed E-state index contributed by atoms with van der Waals surface area (Å²) in [6.45, 7) is 1.88. The zero-order chi connectivity index (χ0) is 16.5. The minimum Gasteiger partial charge on any atom is -0.457 e. The minimum atomic E-state index is 0.164. The monoisotopic (exact) mass is 320 g/mol. The Kier molecular flexibility index (Phi) is 4.13. The Balaban J connectivity index is 1.43. The number of ketones is 1. The number of hydrogen-bond donors (Lipinski definition) is 0. The van der Waals surface area contributed by atoms with Crippen molar-refractivity contribution in [2.45, 2.75) is 44.9 Å². The SMILES string of the molecule is CCC(=O)c1ccc(Oc2ccc(C3CC4CCC3C4)cc2)cc1. The first-order valence-corrected chi connectivity index (χ1v) is 9.14. The van der Waals surface area contributed by atoms with Gasteiger partial charge in [-0.15, -0.1) is 0 Å². The summed E-state index contributed by atoms with van der Waals surface area (Å²) >= 11 is 0. The number of hydrogen-bond acceptors (Lipinski definition) is 2. The van der Waals surface area contributed by atoms with E-state index >= 15 is 0 Å². The van der Waals surface area contributed by atoms with E-state index in [1.54, 1.807) is 0 Å². The number of Topliss-reactive ketones (excluding diaryl/α,β-unsaturated/α-hetero) is 1. The van der Waals surface area contributed by atoms with Crippen LogP contribution in [-0.4, -0.2) is 5.78 Å². The summed E-state index contributed by atoms with van der Waals surface area (Å²) in [5, 5.41) is 0. The maximum Gasteiger partial charge on any atom is 0.162 e. The van der Waals surface area contributed by atoms with Crippen molar-refractivity contribution in [1.29, 1.82) is 0 Å². The number of rotatable bonds is 5. The lowest BCUT2D eigenvalue weighted by atomic mass is 9.83. The van der Waals surface area contributed by atoms with Crippen molar-refractivity contribution in [2.24, 2.45) is 11.8 Å². The molecule has 2 fully saturated rings. The zero-order valence-electron chi connectivity index (χ0n) is 14.2. The van der Waals surface area contributed by atoms with E-state index in [0.717, 1.165) is 34.8 Å². The lowest BCUT2D eigenvalue weighted by Crippen LogP contribution is -2.08. The van der Waals surface area contributed by atoms with Crippen molar-refractivity contribution in [3.05, 3.63) is 59.7 Å². The van der Waals surface area contributed by atoms with Crippen LogP contribution in [0.4, 0.5) is 0 Å². The third kappa shape index (κ3) is 2.98. The molecule has 2 bridgehead atoms. The number of ether oxygens (including phenoxy) is 1. The average Bonchev–Trinajstić information content (AvgIpc) is 3.26. The van der Waals surface area contributed by atoms with Crippen LogP contribution in [0.5, 0.6) is 11.5 Å². The molecule has 4 rings (SSSR count). The predicted molar refractivity (Wildman–Crippen MR) is 95.8 cm³/mol. The highest BCUT2D eigenvalue weighted by molar-refractivity contribution is 5.95. The van der Waals surface area contributed by atoms with Gasteiger partial charge in [-0.2, -0.15) is 0 Å². The van der Waals surface area contributed by atoms with Crippen molar-refractivity contribution < 1.29 is 9.53 Å². The Bertz CT molecular complexity index is 715. The molecule has 0 saturated heterocycles. The van der Waals surface area contributed by atoms with Gasteiger partial charge in [0.05, 0.1) is 0 Å². The molecule has 0 heterocycles. The average molecular weight is 320 g/mol. The summed E-state index contributed by atoms with van der Waals surface area (Å²) in [7, 11) is 0. The first-order valence-electron chi connectivity index (χ1n) is 9.14. The van der Waals surface area contributed by atoms with Gasteiger partial charge >= 0.3 is 0 Å². The Morgan fingerprint density at radius 1 is 0.958 bits per heavy atom. The van der Waals surface area contributed by atoms with Gasteiger partial charge in [-0.1, -0.05) is 25.5 Å². The third-order valence-electron chi connectivity index (χ3n) is 5.78. The summed E-state index contributed by atoms with van der Waals surface area (Å²) in [5.74, 6) is 4.44. The van der Waals surface area contributed by atoms with Gasteiger partial charge in [-0.05, 0) is 79.0 Å². The third-order valence-corrected chi connectivity index (χ3v) is 5.78. The molecule has 3 unspecified atom stereocenters. The number of fused-ring (bicyclic) bond motifs is 2. The summed E-state index contributed by atoms with van der Waals surface area (Å²) in [5.41, 5.74) is 2.22. The van der Waals surface area contributed by atoms with Gasteiger partial charge in [0, 0.05) is 12.0 Å². The summed E-state index contributed by atoms with van der Waals surface area (Å²) < 4.78 is 5.92. The second-order valence-corrected chi connectivity index (χ2v) is 7.25. The second-order valence-electron chi connectivity index (χ2n) is 7.25. The summed E-state index contributed by atoms with van der Waals surface area (Å²) in [6.07, 6.45) is 6.20. The topological polar surface area (TPSA) is 26.3 Å². The van der Waals surface area contributed by atoms with Crippen LogP contribution in [-0.2, 0) is 0 Å². The highest BCUT2D eigenvalue weighted by Crippen LogP contribution is 2.52. The quantitative estimate of drug-likeness (QED) is 0.634. The number of carbonyl (C=O) groups excluding carboxylic acids is 1. The van der Waals surface area contributed by atoms with Gasteiger partial charge < -0.3 is 4.74 Å². The largest absolute Gasteiger partial charge is 0.457 e. The Labute approximate surface area is 143 Å². The van der Waals surface area contributed by atoms with Crippen LogP contribution in [0.3, 0.4) is 0 Å². The first kappa shape index (κ1) is 15.4. The maximum absolute atomic E-state index is 11.7. The van der Waals surface area contributed by atoms with E-state index in [-0.39, 0.29) is 5.78 Å². The van der Waals surface area contributed by atoms with Crippen molar-refractivity contribution in [1.82, 2.24) is 0 Å². The van der Waals surface area contributed by atoms with Crippen LogP contribution in [0.25, 0.3) is 0 Å². The molecule has 24 heavy (non-hydrogen) atoms. The lowest BCUT2D eigenvalue weighted by molar-refractivity contribution is 0.0988. The Hall–Kier alpha value is -2.09. The van der Waals surface area contributed by atoms with Crippen LogP contribution in [0.1, 0.15) is 60.9 Å². The van der Waals surface area contributed by atoms with E-state index in [9.17, 15) is 4.79 Å². The van der Waals surface area contributed by atoms with Crippen LogP contribution in [0.2, 0.25) is 0 Å². The van der Waals surface area contributed by atoms with E-state index in [1.165, 1.54) is 31.2 Å². The van der Waals surface area contributed by atoms with Gasteiger partial charge in [0.15, 0.2) is 5.78 Å². The molecule has 0 spiro atoms. The highest BCUT2D eigenvalue weighted by atomic mass is 16.5. The van der Waals surface area contributed by atoms with Crippen molar-refractivity contribution >= 4 is 5.78 Å². The molecule has 3 atom stereocenters. The van der Waals surface area contributed by atoms with E-state index in [4.69, 9.17) is 4.74 Å². The van der Waals surface area contributed by atoms with Gasteiger partial charge in [0.1, 0.15) is 11.5 Å². The van der Waals surface area contributed by atoms with Crippen LogP contribution in [0, 0.1) is 11.8 Å². The maximum atomic E-state index is 11.7. The van der Waals surface area contributed by atoms with E-state index in [0.29, 0.717) is 6.42 Å². The lowest BCUT2D eigenvalue weighted by Gasteiger charge is -2.22. The fourth-order valence-corrected chi connectivity index (χ4v) is 4.49. The molecule has 0 amide bonds. The molecular weight excluding hydrogens is 296 g/mol. The highest BCUT2D eigenvalue weighted by Gasteiger charge is 2.39. The zero-order valence-corrected chi connectivity index (χ0v) is 14.2. The molecule has 124 valence electrons. The van der Waals surface area contributed by atoms with Crippen LogP contribution >= 0.6 is 0 Å². The smallest absolute Gasteiger partial charge is 0.162 e. The number of carbonyl (C=O) groups is 1. The summed E-state index contributed by atoms with van der Waals surface area (Å²) in [4.78, 5) is 11.7. The molecule has 2 aromatic carbocycles. The van der Waals surface area contributed by atoms with Crippen LogP contribution in [0.15, 0.2) is 48.5 Å². The molecular formula is C22H24O2. The molecule has 0 aliphatic heterocycles. The van der Waals surface area contributed by atoms with Gasteiger partial charge in [-0.3, -0.25) is 4.79 Å². The van der Waals surface area contributed by atoms with E-state index < -0.39 is 0 Å². The molecule has 0 aromatic heterocycles. The fourth-order valence-electron chi connectivity index (χ4n) is 4.49. The van der Waals surface area contributed by atoms with Gasteiger partial charge in [-0.25, -0.2) is 0 Å². The predicted octanol–water partition coefficient (Wildman–Crippen LogP) is 5.98. The molecule has 2 saturated carbocycles. The normalized spacial score (nSPS) is 25.0. The Morgan fingerprint density at radius 2 is 1.62 bits per heavy atom. The van der Waals surface area contributed by atoms with E-state index in [2.05, 4.69) is 24.3 Å². The first-order chi connectivity index (χ1) is 11.7. The molecule has 2 aliphatic rings. The van der Waals surface area contributed by atoms with Crippen LogP contribution < -0.4 is 4.74 Å². The minimum absolute atomic E-state index is 0.164. The van der Waals surface area contributed by atoms with Crippen molar-refractivity contribution in [2.75, 3.05) is 0 Å². The van der Waals surface area contributed by atoms with Gasteiger partial charge in [0.25, 0.3) is 0 Å². The molecule has 2 aliphatic carbocycles. The van der Waals surface area contributed by atoms with Crippen molar-refractivity contribution in [3.63, 3.8) is 0 Å². The van der Waals surface area contributed by atoms with Crippen molar-refractivity contribution in [3.8, 4) is 11.5 Å². The number of benzene rings is 2. The standard InChI is InChI=1S/C22H24O2/c1-2-22(23)17-7-11-20(12-8-17)24-19-9-5-16(6-10-19)21-14-15-3-4-18(21)13-15/h5-12,15,18,21H,2-4,13-14H2,1H3. The molecule has 0 N–H and O–H groups in total. The van der Waals surface area contributed by atoms with Gasteiger partial charge in [0.2, 0.25) is 0 Å².